The number of rotatable bonds is 6. The molecule has 30 heavy (non-hydrogen) atoms. The predicted octanol–water partition coefficient (Wildman–Crippen LogP) is 3.50. The number of anilines is 2. The van der Waals surface area contributed by atoms with Crippen LogP contribution in [0.5, 0.6) is 0 Å². The lowest BCUT2D eigenvalue weighted by Gasteiger charge is -2.33. The van der Waals surface area contributed by atoms with Crippen molar-refractivity contribution in [1.29, 1.82) is 0 Å². The molecule has 0 atom stereocenters. The Morgan fingerprint density at radius 1 is 0.800 bits per heavy atom. The number of amides is 2. The fourth-order valence-corrected chi connectivity index (χ4v) is 3.42. The molecule has 1 aliphatic heterocycles. The number of hydrogen-bond donors (Lipinski definition) is 1. The average molecular weight is 400 g/mol. The van der Waals surface area contributed by atoms with Crippen LogP contribution in [-0.4, -0.2) is 39.7 Å². The van der Waals surface area contributed by atoms with Gasteiger partial charge >= 0.3 is 11.8 Å². The van der Waals surface area contributed by atoms with Gasteiger partial charge in [-0.15, -0.1) is 0 Å². The summed E-state index contributed by atoms with van der Waals surface area (Å²) in [5.74, 6) is -0.0965. The second-order valence-electron chi connectivity index (χ2n) is 7.48. The molecule has 1 aromatic heterocycles. The van der Waals surface area contributed by atoms with E-state index in [0.29, 0.717) is 26.2 Å². The lowest BCUT2D eigenvalue weighted by Crippen LogP contribution is -2.53. The van der Waals surface area contributed by atoms with E-state index in [-0.39, 0.29) is 0 Å². The summed E-state index contributed by atoms with van der Waals surface area (Å²) in [6.07, 6.45) is 1.82. The van der Waals surface area contributed by atoms with Crippen molar-refractivity contribution < 1.29 is 9.59 Å². The van der Waals surface area contributed by atoms with Gasteiger partial charge in [0.2, 0.25) is 0 Å². The summed E-state index contributed by atoms with van der Waals surface area (Å²) in [5.41, 5.74) is 4.04. The number of nitrogens with zero attached hydrogens (tertiary/aromatic N) is 3. The summed E-state index contributed by atoms with van der Waals surface area (Å²) in [5, 5.41) is 3.25. The number of carbonyl (C=O) groups is 2. The number of carbonyl (C=O) groups excluding carboxylic acids is 2. The van der Waals surface area contributed by atoms with Crippen LogP contribution in [0.2, 0.25) is 0 Å². The highest BCUT2D eigenvalue weighted by atomic mass is 16.2. The molecule has 0 saturated carbocycles. The van der Waals surface area contributed by atoms with Crippen LogP contribution in [0, 0.1) is 6.92 Å². The first-order chi connectivity index (χ1) is 14.6. The van der Waals surface area contributed by atoms with Crippen LogP contribution in [0.1, 0.15) is 16.7 Å². The maximum Gasteiger partial charge on any atom is 0.312 e. The largest absolute Gasteiger partial charge is 0.340 e. The van der Waals surface area contributed by atoms with Crippen LogP contribution in [0.25, 0.3) is 0 Å². The van der Waals surface area contributed by atoms with Gasteiger partial charge in [0, 0.05) is 38.1 Å². The molecule has 1 N–H and O–H groups in total. The summed E-state index contributed by atoms with van der Waals surface area (Å²) in [6.45, 7) is 3.96. The maximum atomic E-state index is 12.6. The van der Waals surface area contributed by atoms with E-state index >= 15 is 0 Å². The van der Waals surface area contributed by atoms with Crippen LogP contribution in [0.3, 0.4) is 0 Å². The van der Waals surface area contributed by atoms with Crippen molar-refractivity contribution in [2.24, 2.45) is 0 Å². The zero-order valence-electron chi connectivity index (χ0n) is 16.9. The van der Waals surface area contributed by atoms with Crippen molar-refractivity contribution in [3.05, 3.63) is 89.6 Å². The SMILES string of the molecule is Cc1ccc(Nc2ccc(CN3CCN(Cc4ccccc4)C(=O)C3=O)cc2)nc1. The Labute approximate surface area is 176 Å². The number of aryl methyl sites for hydroxylation is 1. The fraction of sp³-hybridized carbons (Fsp3) is 0.208. The molecule has 3 aromatic rings. The molecule has 0 bridgehead atoms. The molecule has 1 saturated heterocycles. The Hall–Kier alpha value is -3.67. The number of hydrogen-bond acceptors (Lipinski definition) is 4. The molecule has 0 aliphatic carbocycles. The Morgan fingerprint density at radius 2 is 1.40 bits per heavy atom. The van der Waals surface area contributed by atoms with Gasteiger partial charge in [-0.25, -0.2) is 4.98 Å². The Morgan fingerprint density at radius 3 is 1.97 bits per heavy atom. The summed E-state index contributed by atoms with van der Waals surface area (Å²) in [6, 6.07) is 21.5. The van der Waals surface area contributed by atoms with Crippen LogP contribution in [0.4, 0.5) is 11.5 Å². The first-order valence-corrected chi connectivity index (χ1v) is 9.99. The van der Waals surface area contributed by atoms with Gasteiger partial charge in [-0.3, -0.25) is 9.59 Å². The van der Waals surface area contributed by atoms with Gasteiger partial charge in [-0.05, 0) is 41.8 Å². The Bertz CT molecular complexity index is 1020. The molecule has 0 unspecified atom stereocenters. The van der Waals surface area contributed by atoms with Gasteiger partial charge in [-0.2, -0.15) is 0 Å². The van der Waals surface area contributed by atoms with Crippen LogP contribution in [0.15, 0.2) is 72.9 Å². The van der Waals surface area contributed by atoms with Gasteiger partial charge < -0.3 is 15.1 Å². The van der Waals surface area contributed by atoms with E-state index in [1.165, 1.54) is 0 Å². The van der Waals surface area contributed by atoms with Crippen LogP contribution >= 0.6 is 0 Å². The second kappa shape index (κ2) is 8.78. The normalized spacial score (nSPS) is 14.2. The predicted molar refractivity (Wildman–Crippen MR) is 116 cm³/mol. The molecule has 6 nitrogen and oxygen atoms in total. The molecular formula is C24H24N4O2. The van der Waals surface area contributed by atoms with E-state index in [1.807, 2.05) is 79.9 Å². The van der Waals surface area contributed by atoms with E-state index in [4.69, 9.17) is 0 Å². The monoisotopic (exact) mass is 400 g/mol. The molecule has 0 radical (unpaired) electrons. The quantitative estimate of drug-likeness (QED) is 0.643. The third-order valence-corrected chi connectivity index (χ3v) is 5.12. The van der Waals surface area contributed by atoms with Crippen molar-refractivity contribution in [3.8, 4) is 0 Å². The number of piperazine rings is 1. The highest BCUT2D eigenvalue weighted by Gasteiger charge is 2.32. The topological polar surface area (TPSA) is 65.5 Å². The molecule has 0 spiro atoms. The lowest BCUT2D eigenvalue weighted by atomic mass is 10.1. The number of nitrogens with one attached hydrogen (secondary N) is 1. The van der Waals surface area contributed by atoms with Crippen molar-refractivity contribution in [2.45, 2.75) is 20.0 Å². The number of pyridine rings is 1. The number of aromatic nitrogens is 1. The van der Waals surface area contributed by atoms with Crippen molar-refractivity contribution in [2.75, 3.05) is 18.4 Å². The zero-order valence-corrected chi connectivity index (χ0v) is 16.9. The first kappa shape index (κ1) is 19.6. The van der Waals surface area contributed by atoms with Crippen LogP contribution in [-0.2, 0) is 22.7 Å². The Kier molecular flexibility index (Phi) is 5.75. The van der Waals surface area contributed by atoms with Gasteiger partial charge in [0.1, 0.15) is 5.82 Å². The zero-order chi connectivity index (χ0) is 20.9. The molecule has 2 aromatic carbocycles. The standard InChI is InChI=1S/C24H24N4O2/c1-18-7-12-22(25-15-18)26-21-10-8-20(9-11-21)17-28-14-13-27(23(29)24(28)30)16-19-5-3-2-4-6-19/h2-12,15H,13-14,16-17H2,1H3,(H,25,26). The minimum Gasteiger partial charge on any atom is -0.340 e. The second-order valence-corrected chi connectivity index (χ2v) is 7.48. The minimum atomic E-state index is -0.441. The van der Waals surface area contributed by atoms with E-state index in [9.17, 15) is 9.59 Å². The smallest absolute Gasteiger partial charge is 0.312 e. The molecule has 4 rings (SSSR count). The van der Waals surface area contributed by atoms with Crippen molar-refractivity contribution >= 4 is 23.3 Å². The molecule has 2 amide bonds. The van der Waals surface area contributed by atoms with Crippen LogP contribution < -0.4 is 5.32 Å². The van der Waals surface area contributed by atoms with E-state index < -0.39 is 11.8 Å². The molecule has 6 heteroatoms. The molecule has 1 fully saturated rings. The van der Waals surface area contributed by atoms with Crippen molar-refractivity contribution in [1.82, 2.24) is 14.8 Å². The lowest BCUT2D eigenvalue weighted by molar-refractivity contribution is -0.156. The summed E-state index contributed by atoms with van der Waals surface area (Å²) in [4.78, 5) is 32.7. The minimum absolute atomic E-state index is 0.423. The summed E-state index contributed by atoms with van der Waals surface area (Å²) in [7, 11) is 0. The molecule has 1 aliphatic rings. The van der Waals surface area contributed by atoms with E-state index in [1.54, 1.807) is 9.80 Å². The van der Waals surface area contributed by atoms with Gasteiger partial charge in [-0.1, -0.05) is 48.5 Å². The number of benzene rings is 2. The fourth-order valence-electron chi connectivity index (χ4n) is 3.42. The third-order valence-electron chi connectivity index (χ3n) is 5.12. The van der Waals surface area contributed by atoms with Crippen molar-refractivity contribution in [3.63, 3.8) is 0 Å². The highest BCUT2D eigenvalue weighted by molar-refractivity contribution is 6.35. The van der Waals surface area contributed by atoms with E-state index in [0.717, 1.165) is 28.2 Å². The average Bonchev–Trinajstić information content (AvgIpc) is 2.77. The van der Waals surface area contributed by atoms with Gasteiger partial charge in [0.05, 0.1) is 0 Å². The molecular weight excluding hydrogens is 376 g/mol. The first-order valence-electron chi connectivity index (χ1n) is 9.99. The van der Waals surface area contributed by atoms with Gasteiger partial charge in [0.15, 0.2) is 0 Å². The van der Waals surface area contributed by atoms with E-state index in [2.05, 4.69) is 10.3 Å². The maximum absolute atomic E-state index is 12.6. The molecule has 152 valence electrons. The molecule has 2 heterocycles. The Balaban J connectivity index is 1.34. The third kappa shape index (κ3) is 4.66. The van der Waals surface area contributed by atoms with Gasteiger partial charge in [0.25, 0.3) is 0 Å². The summed E-state index contributed by atoms with van der Waals surface area (Å²) >= 11 is 0. The highest BCUT2D eigenvalue weighted by Crippen LogP contribution is 2.18. The summed E-state index contributed by atoms with van der Waals surface area (Å²) < 4.78 is 0.